The topological polar surface area (TPSA) is 64.5 Å². The van der Waals surface area contributed by atoms with Crippen LogP contribution < -0.4 is 30.8 Å². The van der Waals surface area contributed by atoms with E-state index >= 15 is 0 Å². The van der Waals surface area contributed by atoms with E-state index in [9.17, 15) is 0 Å². The van der Waals surface area contributed by atoms with Crippen molar-refractivity contribution in [3.05, 3.63) is 103 Å². The number of rotatable bonds is 9. The van der Waals surface area contributed by atoms with E-state index in [4.69, 9.17) is 19.2 Å². The summed E-state index contributed by atoms with van der Waals surface area (Å²) in [7, 11) is 0.922. The number of ether oxygens (including phenoxy) is 3. The molecule has 1 aliphatic heterocycles. The molecule has 0 spiro atoms. The van der Waals surface area contributed by atoms with E-state index in [2.05, 4.69) is 112 Å². The highest BCUT2D eigenvalue weighted by atomic mass is 31.2. The van der Waals surface area contributed by atoms with Gasteiger partial charge < -0.3 is 23.8 Å². The van der Waals surface area contributed by atoms with Crippen LogP contribution in [0.3, 0.4) is 0 Å². The third-order valence-electron chi connectivity index (χ3n) is 8.57. The van der Waals surface area contributed by atoms with Crippen LogP contribution in [0.25, 0.3) is 21.9 Å². The van der Waals surface area contributed by atoms with Crippen molar-refractivity contribution in [2.45, 2.75) is 6.54 Å². The molecule has 4 heterocycles. The van der Waals surface area contributed by atoms with Gasteiger partial charge in [0.25, 0.3) is 0 Å². The summed E-state index contributed by atoms with van der Waals surface area (Å²) in [5, 5.41) is 4.97. The molecule has 3 aromatic carbocycles. The number of pyridine rings is 1. The largest absolute Gasteiger partial charge is 0.497 e. The van der Waals surface area contributed by atoms with Gasteiger partial charge in [0.2, 0.25) is 0 Å². The van der Waals surface area contributed by atoms with Crippen molar-refractivity contribution in [2.24, 2.45) is 0 Å². The number of methoxy groups -OCH3 is 2. The lowest BCUT2D eigenvalue weighted by Crippen LogP contribution is -2.40. The molecule has 6 aromatic rings. The standard InChI is InChI=1S/C35H36N4O3P/c1-40-26-6-10-28(11-7-26)43(29-12-8-27(41-2)9-13-29,35-15-14-31-32(37-35)16-18-36-31)34-5-3-4-33-30(34)17-19-39(33)21-20-38-22-24-42-25-23-38/h3-19,36H,20-25H2,1-2H3/q+1. The second kappa shape index (κ2) is 11.8. The van der Waals surface area contributed by atoms with Crippen LogP contribution in [0, 0.1) is 0 Å². The first-order valence-electron chi connectivity index (χ1n) is 14.7. The molecule has 0 radical (unpaired) electrons. The number of benzene rings is 3. The first kappa shape index (κ1) is 27.7. The van der Waals surface area contributed by atoms with E-state index in [1.807, 2.05) is 6.20 Å². The predicted octanol–water partition coefficient (Wildman–Crippen LogP) is 4.49. The van der Waals surface area contributed by atoms with E-state index in [1.54, 1.807) is 14.2 Å². The third kappa shape index (κ3) is 4.98. The monoisotopic (exact) mass is 591 g/mol. The number of hydrogen-bond acceptors (Lipinski definition) is 5. The van der Waals surface area contributed by atoms with Crippen LogP contribution in [0.4, 0.5) is 0 Å². The minimum absolute atomic E-state index is 0.811. The predicted molar refractivity (Wildman–Crippen MR) is 177 cm³/mol. The van der Waals surface area contributed by atoms with Crippen LogP contribution in [0.15, 0.2) is 103 Å². The third-order valence-corrected chi connectivity index (χ3v) is 12.8. The molecule has 0 amide bonds. The van der Waals surface area contributed by atoms with Crippen LogP contribution in [-0.4, -0.2) is 66.5 Å². The lowest BCUT2D eigenvalue weighted by molar-refractivity contribution is 0.0365. The molecule has 1 saturated heterocycles. The van der Waals surface area contributed by atoms with Gasteiger partial charge in [0, 0.05) is 50.0 Å². The van der Waals surface area contributed by atoms with Crippen molar-refractivity contribution in [1.29, 1.82) is 0 Å². The Bertz CT molecular complexity index is 1790. The number of H-pyrrole nitrogens is 1. The van der Waals surface area contributed by atoms with Gasteiger partial charge in [0.1, 0.15) is 27.4 Å². The highest BCUT2D eigenvalue weighted by Crippen LogP contribution is 2.55. The van der Waals surface area contributed by atoms with E-state index < -0.39 is 7.26 Å². The molecule has 3 aromatic heterocycles. The average Bonchev–Trinajstić information content (AvgIpc) is 3.72. The Morgan fingerprint density at radius 2 is 1.49 bits per heavy atom. The molecule has 0 atom stereocenters. The van der Waals surface area contributed by atoms with Crippen LogP contribution in [0.5, 0.6) is 11.5 Å². The Labute approximate surface area is 252 Å². The van der Waals surface area contributed by atoms with Crippen molar-refractivity contribution in [1.82, 2.24) is 19.4 Å². The highest BCUT2D eigenvalue weighted by Gasteiger charge is 2.51. The van der Waals surface area contributed by atoms with Crippen molar-refractivity contribution in [2.75, 3.05) is 47.1 Å². The molecule has 1 fully saturated rings. The summed E-state index contributed by atoms with van der Waals surface area (Å²) in [5.41, 5.74) is 4.28. The van der Waals surface area contributed by atoms with Gasteiger partial charge >= 0.3 is 0 Å². The summed E-state index contributed by atoms with van der Waals surface area (Å²) in [5.74, 6) is 1.66. The summed E-state index contributed by atoms with van der Waals surface area (Å²) in [6, 6.07) is 32.6. The minimum Gasteiger partial charge on any atom is -0.497 e. The normalized spacial score (nSPS) is 14.4. The molecule has 7 nitrogen and oxygen atoms in total. The van der Waals surface area contributed by atoms with Gasteiger partial charge in [-0.25, -0.2) is 4.98 Å². The quantitative estimate of drug-likeness (QED) is 0.251. The second-order valence-electron chi connectivity index (χ2n) is 10.8. The Morgan fingerprint density at radius 3 is 2.16 bits per heavy atom. The molecule has 218 valence electrons. The van der Waals surface area contributed by atoms with E-state index in [-0.39, 0.29) is 0 Å². The van der Waals surface area contributed by atoms with E-state index in [0.717, 1.165) is 67.4 Å². The van der Waals surface area contributed by atoms with Crippen LogP contribution in [-0.2, 0) is 11.3 Å². The summed E-state index contributed by atoms with van der Waals surface area (Å²) in [4.78, 5) is 11.2. The molecule has 1 aliphatic rings. The molecule has 8 heteroatoms. The maximum absolute atomic E-state index is 5.59. The molecule has 0 unspecified atom stereocenters. The van der Waals surface area contributed by atoms with Crippen molar-refractivity contribution in [3.63, 3.8) is 0 Å². The number of morpholine rings is 1. The fourth-order valence-corrected chi connectivity index (χ4v) is 10.5. The smallest absolute Gasteiger partial charge is 0.198 e. The molecule has 0 aliphatic carbocycles. The molecular formula is C35H36N4O3P+. The Balaban J connectivity index is 1.47. The molecule has 43 heavy (non-hydrogen) atoms. The lowest BCUT2D eigenvalue weighted by atomic mass is 10.2. The van der Waals surface area contributed by atoms with E-state index in [1.165, 1.54) is 26.8 Å². The van der Waals surface area contributed by atoms with Crippen molar-refractivity contribution < 1.29 is 14.2 Å². The van der Waals surface area contributed by atoms with Crippen LogP contribution in [0.1, 0.15) is 0 Å². The van der Waals surface area contributed by atoms with Gasteiger partial charge in [0.15, 0.2) is 12.7 Å². The van der Waals surface area contributed by atoms with Gasteiger partial charge in [-0.3, -0.25) is 4.90 Å². The maximum Gasteiger partial charge on any atom is 0.198 e. The lowest BCUT2D eigenvalue weighted by Gasteiger charge is -2.28. The Kier molecular flexibility index (Phi) is 7.62. The zero-order valence-corrected chi connectivity index (χ0v) is 25.5. The summed E-state index contributed by atoms with van der Waals surface area (Å²) < 4.78 is 19.1. The van der Waals surface area contributed by atoms with Gasteiger partial charge in [-0.05, 0) is 78.9 Å². The number of nitrogens with zero attached hydrogens (tertiary/aromatic N) is 3. The van der Waals surface area contributed by atoms with Crippen molar-refractivity contribution in [3.8, 4) is 11.5 Å². The number of aromatic nitrogens is 3. The molecular weight excluding hydrogens is 555 g/mol. The Hall–Kier alpha value is -4.16. The van der Waals surface area contributed by atoms with Crippen molar-refractivity contribution >= 4 is 50.5 Å². The van der Waals surface area contributed by atoms with Crippen LogP contribution >= 0.6 is 7.26 Å². The fourth-order valence-electron chi connectivity index (χ4n) is 6.31. The van der Waals surface area contributed by atoms with Gasteiger partial charge in [-0.15, -0.1) is 0 Å². The van der Waals surface area contributed by atoms with Crippen LogP contribution in [0.2, 0.25) is 0 Å². The molecule has 1 N–H and O–H groups in total. The summed E-state index contributed by atoms with van der Waals surface area (Å²) in [6.45, 7) is 5.53. The Morgan fingerprint density at radius 1 is 0.791 bits per heavy atom. The number of nitrogens with one attached hydrogen (secondary N) is 1. The number of fused-ring (bicyclic) bond motifs is 2. The summed E-state index contributed by atoms with van der Waals surface area (Å²) >= 11 is 0. The SMILES string of the molecule is COc1ccc([P+](c2ccc(OC)cc2)(c2ccc3[nH]ccc3n2)c2cccc3c2ccn3CCN2CCOCC2)cc1. The van der Waals surface area contributed by atoms with Gasteiger partial charge in [-0.2, -0.15) is 0 Å². The minimum atomic E-state index is -2.50. The molecule has 0 saturated carbocycles. The molecule has 7 rings (SSSR count). The zero-order chi connectivity index (χ0) is 29.2. The second-order valence-corrected chi connectivity index (χ2v) is 14.1. The van der Waals surface area contributed by atoms with E-state index in [0.29, 0.717) is 0 Å². The molecule has 0 bridgehead atoms. The highest BCUT2D eigenvalue weighted by molar-refractivity contribution is 8.01. The number of aromatic amines is 1. The maximum atomic E-state index is 5.59. The average molecular weight is 592 g/mol. The summed E-state index contributed by atoms with van der Waals surface area (Å²) in [6.07, 6.45) is 4.20. The zero-order valence-electron chi connectivity index (χ0n) is 24.6. The van der Waals surface area contributed by atoms with Gasteiger partial charge in [0.05, 0.1) is 44.0 Å². The first-order chi connectivity index (χ1) is 21.2. The van der Waals surface area contributed by atoms with Gasteiger partial charge in [-0.1, -0.05) is 6.07 Å². The fraction of sp³-hybridized carbons (Fsp3) is 0.229. The first-order valence-corrected chi connectivity index (χ1v) is 16.5. The number of hydrogen-bond donors (Lipinski definition) is 1.